The largest absolute Gasteiger partial charge is 0.487 e. The Labute approximate surface area is 268 Å². The van der Waals surface area contributed by atoms with Gasteiger partial charge < -0.3 is 14.2 Å². The Bertz CT molecular complexity index is 1910. The van der Waals surface area contributed by atoms with Crippen molar-refractivity contribution >= 4 is 17.8 Å². The summed E-state index contributed by atoms with van der Waals surface area (Å²) in [6, 6.07) is 6.09. The molecule has 0 radical (unpaired) electrons. The highest BCUT2D eigenvalue weighted by Gasteiger charge is 2.40. The number of hydrogen-bond donors (Lipinski definition) is 0. The monoisotopic (exact) mass is 680 g/mol. The van der Waals surface area contributed by atoms with Gasteiger partial charge >= 0.3 is 18.3 Å². The number of hydrogen-bond acceptors (Lipinski definition) is 7. The van der Waals surface area contributed by atoms with Crippen molar-refractivity contribution in [2.75, 3.05) is 20.3 Å². The molecule has 0 saturated carbocycles. The SMILES string of the molecule is CCn1cc(Cc2cc3c(c(-c4cn(CC)nc4C(F)(F)F)c2)OC/C(=C\c2ccc(F)c(OCC(=O)OC)c2)C3=O)c(C(F)(F)F)n1. The Morgan fingerprint density at radius 1 is 0.938 bits per heavy atom. The molecule has 5 rings (SSSR count). The molecule has 0 unspecified atom stereocenters. The Morgan fingerprint density at radius 2 is 1.58 bits per heavy atom. The number of rotatable bonds is 9. The fourth-order valence-electron chi connectivity index (χ4n) is 5.13. The molecule has 3 heterocycles. The van der Waals surface area contributed by atoms with Crippen molar-refractivity contribution in [2.45, 2.75) is 45.7 Å². The second-order valence-electron chi connectivity index (χ2n) is 10.6. The lowest BCUT2D eigenvalue weighted by Crippen LogP contribution is -2.20. The number of benzene rings is 2. The maximum atomic E-state index is 14.3. The Morgan fingerprint density at radius 3 is 2.23 bits per heavy atom. The molecule has 0 spiro atoms. The quantitative estimate of drug-likeness (QED) is 0.109. The average Bonchev–Trinajstić information content (AvgIpc) is 3.67. The molecule has 0 atom stereocenters. The van der Waals surface area contributed by atoms with Crippen LogP contribution in [-0.2, 0) is 41.4 Å². The number of fused-ring (bicyclic) bond motifs is 1. The number of esters is 1. The third kappa shape index (κ3) is 7.06. The summed E-state index contributed by atoms with van der Waals surface area (Å²) in [5.74, 6) is -2.77. The topological polar surface area (TPSA) is 97.5 Å². The Hall–Kier alpha value is -5.15. The first-order chi connectivity index (χ1) is 22.6. The van der Waals surface area contributed by atoms with E-state index in [4.69, 9.17) is 9.47 Å². The first-order valence-electron chi connectivity index (χ1n) is 14.5. The highest BCUT2D eigenvalue weighted by Crippen LogP contribution is 2.44. The van der Waals surface area contributed by atoms with Gasteiger partial charge in [0.1, 0.15) is 12.4 Å². The van der Waals surface area contributed by atoms with Gasteiger partial charge in [-0.3, -0.25) is 14.2 Å². The van der Waals surface area contributed by atoms with Crippen molar-refractivity contribution in [3.63, 3.8) is 0 Å². The smallest absolute Gasteiger partial charge is 0.435 e. The van der Waals surface area contributed by atoms with E-state index in [1.807, 2.05) is 0 Å². The van der Waals surface area contributed by atoms with E-state index in [1.54, 1.807) is 13.8 Å². The second kappa shape index (κ2) is 13.2. The zero-order chi connectivity index (χ0) is 35.0. The summed E-state index contributed by atoms with van der Waals surface area (Å²) in [5.41, 5.74) is -3.13. The van der Waals surface area contributed by atoms with E-state index in [0.29, 0.717) is 0 Å². The van der Waals surface area contributed by atoms with E-state index in [9.17, 15) is 40.3 Å². The Kier molecular flexibility index (Phi) is 9.37. The summed E-state index contributed by atoms with van der Waals surface area (Å²) in [6.45, 7) is 2.38. The number of carbonyl (C=O) groups excluding carboxylic acids is 2. The number of Topliss-reactive ketones (excluding diaryl/α,β-unsaturated/α-hetero) is 1. The summed E-state index contributed by atoms with van der Waals surface area (Å²) in [4.78, 5) is 25.3. The maximum Gasteiger partial charge on any atom is 0.435 e. The lowest BCUT2D eigenvalue weighted by molar-refractivity contribution is -0.143. The molecular formula is C32H27F7N4O5. The lowest BCUT2D eigenvalue weighted by Gasteiger charge is -2.23. The first-order valence-corrected chi connectivity index (χ1v) is 14.5. The maximum absolute atomic E-state index is 14.3. The van der Waals surface area contributed by atoms with Crippen LogP contribution in [0.15, 0.2) is 48.3 Å². The highest BCUT2D eigenvalue weighted by atomic mass is 19.4. The van der Waals surface area contributed by atoms with Crippen molar-refractivity contribution in [1.29, 1.82) is 0 Å². The number of methoxy groups -OCH3 is 1. The van der Waals surface area contributed by atoms with Gasteiger partial charge in [-0.05, 0) is 55.3 Å². The molecule has 0 fully saturated rings. The summed E-state index contributed by atoms with van der Waals surface area (Å²) >= 11 is 0. The van der Waals surface area contributed by atoms with Crippen molar-refractivity contribution in [1.82, 2.24) is 19.6 Å². The molecule has 4 aromatic rings. The standard InChI is InChI=1S/C32H27F7N4O5/c1-4-42-13-19(29(40-42)31(34,35)36)9-18-10-21(23-14-43(5-2)41-30(23)32(37,38)39)28-22(11-18)27(45)20(15-48-28)8-17-6-7-24(33)25(12-17)47-16-26(44)46-3/h6-8,10-14H,4-5,9,15-16H2,1-3H3/b20-8+. The number of nitrogens with zero attached hydrogens (tertiary/aromatic N) is 4. The molecule has 9 nitrogen and oxygen atoms in total. The van der Waals surface area contributed by atoms with Crippen LogP contribution in [0.2, 0.25) is 0 Å². The van der Waals surface area contributed by atoms with E-state index in [1.165, 1.54) is 36.5 Å². The van der Waals surface area contributed by atoms with Crippen LogP contribution in [0.3, 0.4) is 0 Å². The molecule has 16 heteroatoms. The molecule has 48 heavy (non-hydrogen) atoms. The summed E-state index contributed by atoms with van der Waals surface area (Å²) < 4.78 is 116. The van der Waals surface area contributed by atoms with Crippen LogP contribution in [0.4, 0.5) is 30.7 Å². The fraction of sp³-hybridized carbons (Fsp3) is 0.312. The predicted molar refractivity (Wildman–Crippen MR) is 156 cm³/mol. The minimum Gasteiger partial charge on any atom is -0.487 e. The van der Waals surface area contributed by atoms with Gasteiger partial charge in [0, 0.05) is 54.2 Å². The molecule has 0 aliphatic carbocycles. The summed E-state index contributed by atoms with van der Waals surface area (Å²) in [6.07, 6.45) is -6.50. The van der Waals surface area contributed by atoms with E-state index >= 15 is 0 Å². The van der Waals surface area contributed by atoms with Gasteiger partial charge in [0.05, 0.1) is 12.7 Å². The minimum absolute atomic E-state index is 0.00575. The van der Waals surface area contributed by atoms with Crippen LogP contribution >= 0.6 is 0 Å². The third-order valence-electron chi connectivity index (χ3n) is 7.40. The minimum atomic E-state index is -4.91. The van der Waals surface area contributed by atoms with Crippen LogP contribution < -0.4 is 9.47 Å². The zero-order valence-corrected chi connectivity index (χ0v) is 25.6. The van der Waals surface area contributed by atoms with Gasteiger partial charge in [0.2, 0.25) is 0 Å². The van der Waals surface area contributed by atoms with Crippen molar-refractivity contribution in [3.05, 3.63) is 87.8 Å². The van der Waals surface area contributed by atoms with E-state index in [0.717, 1.165) is 28.7 Å². The predicted octanol–water partition coefficient (Wildman–Crippen LogP) is 6.76. The van der Waals surface area contributed by atoms with Crippen molar-refractivity contribution in [2.24, 2.45) is 0 Å². The normalized spacial score (nSPS) is 14.2. The number of ether oxygens (including phenoxy) is 3. The first kappa shape index (κ1) is 34.2. The summed E-state index contributed by atoms with van der Waals surface area (Å²) in [5, 5.41) is 7.25. The van der Waals surface area contributed by atoms with Gasteiger partial charge in [-0.2, -0.15) is 36.5 Å². The van der Waals surface area contributed by atoms with E-state index in [2.05, 4.69) is 14.9 Å². The van der Waals surface area contributed by atoms with Crippen LogP contribution in [0.25, 0.3) is 17.2 Å². The molecular weight excluding hydrogens is 653 g/mol. The number of alkyl halides is 6. The van der Waals surface area contributed by atoms with Crippen molar-refractivity contribution < 1.29 is 54.5 Å². The number of halogens is 7. The molecule has 1 aliphatic heterocycles. The number of carbonyl (C=O) groups is 2. The van der Waals surface area contributed by atoms with Gasteiger partial charge in [0.15, 0.2) is 35.3 Å². The second-order valence-corrected chi connectivity index (χ2v) is 10.6. The van der Waals surface area contributed by atoms with E-state index in [-0.39, 0.29) is 58.0 Å². The summed E-state index contributed by atoms with van der Waals surface area (Å²) in [7, 11) is 1.12. The molecule has 0 amide bonds. The molecule has 2 aromatic carbocycles. The van der Waals surface area contributed by atoms with Gasteiger partial charge in [0.25, 0.3) is 0 Å². The lowest BCUT2D eigenvalue weighted by atomic mass is 9.90. The zero-order valence-electron chi connectivity index (χ0n) is 25.6. The van der Waals surface area contributed by atoms with Gasteiger partial charge in [-0.25, -0.2) is 9.18 Å². The third-order valence-corrected chi connectivity index (χ3v) is 7.40. The van der Waals surface area contributed by atoms with Crippen LogP contribution in [-0.4, -0.2) is 51.6 Å². The molecule has 0 bridgehead atoms. The number of aromatic nitrogens is 4. The fourth-order valence-corrected chi connectivity index (χ4v) is 5.13. The van der Waals surface area contributed by atoms with E-state index < -0.39 is 66.5 Å². The van der Waals surface area contributed by atoms with Crippen LogP contribution in [0.5, 0.6) is 11.5 Å². The number of ketones is 1. The molecule has 2 aromatic heterocycles. The highest BCUT2D eigenvalue weighted by molar-refractivity contribution is 6.15. The number of aryl methyl sites for hydroxylation is 2. The van der Waals surface area contributed by atoms with Crippen molar-refractivity contribution in [3.8, 4) is 22.6 Å². The van der Waals surface area contributed by atoms with Crippen LogP contribution in [0, 0.1) is 5.82 Å². The van der Waals surface area contributed by atoms with Crippen LogP contribution in [0.1, 0.15) is 52.3 Å². The molecule has 254 valence electrons. The molecule has 0 N–H and O–H groups in total. The Balaban J connectivity index is 1.63. The van der Waals surface area contributed by atoms with Gasteiger partial charge in [-0.1, -0.05) is 6.07 Å². The molecule has 0 saturated heterocycles. The average molecular weight is 681 g/mol. The van der Waals surface area contributed by atoms with Gasteiger partial charge in [-0.15, -0.1) is 0 Å². The molecule has 1 aliphatic rings.